The van der Waals surface area contributed by atoms with Crippen molar-refractivity contribution in [2.24, 2.45) is 5.92 Å². The molecule has 0 spiro atoms. The van der Waals surface area contributed by atoms with E-state index in [1.807, 2.05) is 30.5 Å². The van der Waals surface area contributed by atoms with Gasteiger partial charge in [-0.15, -0.1) is 24.8 Å². The van der Waals surface area contributed by atoms with Crippen LogP contribution in [0.4, 0.5) is 0 Å². The van der Waals surface area contributed by atoms with Gasteiger partial charge in [0.05, 0.1) is 28.4 Å². The fraction of sp³-hybridized carbons (Fsp3) is 0.429. The van der Waals surface area contributed by atoms with E-state index < -0.39 is 0 Å². The van der Waals surface area contributed by atoms with Gasteiger partial charge in [-0.2, -0.15) is 0 Å². The number of piperidine rings is 1. The molecule has 0 radical (unpaired) electrons. The maximum atomic E-state index is 12.9. The molecule has 5 rings (SSSR count). The third kappa shape index (κ3) is 6.82. The summed E-state index contributed by atoms with van der Waals surface area (Å²) in [6, 6.07) is 10.4. The summed E-state index contributed by atoms with van der Waals surface area (Å²) in [4.78, 5) is 20.5. The number of pyridine rings is 1. The number of aromatic nitrogens is 2. The number of halogens is 2. The Labute approximate surface area is 236 Å². The highest BCUT2D eigenvalue weighted by atomic mass is 35.5. The van der Waals surface area contributed by atoms with Gasteiger partial charge in [-0.25, -0.2) is 4.98 Å². The molecule has 1 N–H and O–H groups in total. The topological polar surface area (TPSA) is 58.9 Å². The summed E-state index contributed by atoms with van der Waals surface area (Å²) in [7, 11) is 0. The molecule has 0 aliphatic carbocycles. The lowest BCUT2D eigenvalue weighted by atomic mass is 9.96. The number of hydrogen-bond acceptors (Lipinski definition) is 5. The number of thioether (sulfide) groups is 1. The monoisotopic (exact) mass is 562 g/mol. The van der Waals surface area contributed by atoms with E-state index in [0.29, 0.717) is 5.92 Å². The maximum Gasteiger partial charge on any atom is 0.258 e. The quantitative estimate of drug-likeness (QED) is 0.349. The Morgan fingerprint density at radius 3 is 2.59 bits per heavy atom. The number of likely N-dealkylation sites (tertiary alicyclic amines) is 1. The van der Waals surface area contributed by atoms with Crippen LogP contribution in [-0.2, 0) is 4.79 Å². The molecule has 1 fully saturated rings. The molecule has 2 aliphatic heterocycles. The van der Waals surface area contributed by atoms with Crippen molar-refractivity contribution in [3.63, 3.8) is 0 Å². The molecule has 0 atom stereocenters. The standard InChI is InChI=1S/C28H34N4O2S.2ClH/c1-19-14-20(2)27(21(3)15-19)34-13-5-10-31-11-8-22(9-12-31)17-30-28(33)24-16-23-18-29-25-6-4-7-26(35-24)32(23)25;;/h4,6-7,14-16,18,22H,5,8-13,17H2,1-3H3,(H,30,33);2*1H. The normalized spacial score (nSPS) is 15.5. The number of aryl methyl sites for hydroxylation is 3. The van der Waals surface area contributed by atoms with Gasteiger partial charge in [0.25, 0.3) is 5.91 Å². The Morgan fingerprint density at radius 2 is 1.86 bits per heavy atom. The molecule has 37 heavy (non-hydrogen) atoms. The summed E-state index contributed by atoms with van der Waals surface area (Å²) in [5, 5.41) is 4.22. The average molecular weight is 564 g/mol. The predicted octanol–water partition coefficient (Wildman–Crippen LogP) is 5.85. The maximum absolute atomic E-state index is 12.9. The summed E-state index contributed by atoms with van der Waals surface area (Å²) in [6.07, 6.45) is 7.04. The first-order chi connectivity index (χ1) is 17.0. The van der Waals surface area contributed by atoms with E-state index in [1.54, 1.807) is 0 Å². The van der Waals surface area contributed by atoms with Crippen LogP contribution in [0.1, 0.15) is 41.6 Å². The van der Waals surface area contributed by atoms with Crippen LogP contribution in [0.3, 0.4) is 0 Å². The number of nitrogens with one attached hydrogen (secondary N) is 1. The molecule has 200 valence electrons. The zero-order valence-electron chi connectivity index (χ0n) is 21.7. The highest BCUT2D eigenvalue weighted by molar-refractivity contribution is 8.04. The summed E-state index contributed by atoms with van der Waals surface area (Å²) in [5.74, 6) is 1.59. The third-order valence-corrected chi connectivity index (χ3v) is 8.02. The van der Waals surface area contributed by atoms with Gasteiger partial charge in [-0.1, -0.05) is 35.5 Å². The van der Waals surface area contributed by atoms with E-state index in [1.165, 1.54) is 28.5 Å². The first kappa shape index (κ1) is 29.4. The molecule has 6 nitrogen and oxygen atoms in total. The van der Waals surface area contributed by atoms with Crippen molar-refractivity contribution in [1.29, 1.82) is 0 Å². The van der Waals surface area contributed by atoms with Gasteiger partial charge >= 0.3 is 0 Å². The van der Waals surface area contributed by atoms with Gasteiger partial charge in [0.1, 0.15) is 11.4 Å². The smallest absolute Gasteiger partial charge is 0.258 e. The first-order valence-electron chi connectivity index (χ1n) is 12.5. The molecule has 1 amide bonds. The lowest BCUT2D eigenvalue weighted by Gasteiger charge is -2.32. The lowest BCUT2D eigenvalue weighted by Crippen LogP contribution is -2.39. The molecule has 9 heteroatoms. The summed E-state index contributed by atoms with van der Waals surface area (Å²) in [5.41, 5.74) is 5.60. The van der Waals surface area contributed by atoms with Gasteiger partial charge < -0.3 is 15.0 Å². The third-order valence-electron chi connectivity index (χ3n) is 6.97. The Kier molecular flexibility index (Phi) is 10.4. The predicted molar refractivity (Wildman–Crippen MR) is 156 cm³/mol. The number of carbonyl (C=O) groups excluding carboxylic acids is 1. The summed E-state index contributed by atoms with van der Waals surface area (Å²) in [6.45, 7) is 11.1. The van der Waals surface area contributed by atoms with Crippen LogP contribution in [-0.4, -0.2) is 53.0 Å². The Morgan fingerprint density at radius 1 is 1.14 bits per heavy atom. The van der Waals surface area contributed by atoms with Crippen LogP contribution in [0.5, 0.6) is 5.75 Å². The minimum absolute atomic E-state index is 0. The second kappa shape index (κ2) is 13.1. The second-order valence-electron chi connectivity index (χ2n) is 9.78. The van der Waals surface area contributed by atoms with E-state index in [-0.39, 0.29) is 30.7 Å². The van der Waals surface area contributed by atoms with Crippen molar-refractivity contribution >= 4 is 54.2 Å². The fourth-order valence-corrected chi connectivity index (χ4v) is 6.20. The highest BCUT2D eigenvalue weighted by Crippen LogP contribution is 2.34. The molecule has 0 unspecified atom stereocenters. The number of nitrogens with zero attached hydrogens (tertiary/aromatic N) is 3. The Hall–Kier alpha value is -2.19. The van der Waals surface area contributed by atoms with Gasteiger partial charge in [-0.3, -0.25) is 9.20 Å². The van der Waals surface area contributed by atoms with E-state index in [9.17, 15) is 4.79 Å². The van der Waals surface area contributed by atoms with Crippen LogP contribution in [0.15, 0.2) is 46.5 Å². The first-order valence-corrected chi connectivity index (χ1v) is 13.4. The molecule has 1 aromatic carbocycles. The highest BCUT2D eigenvalue weighted by Gasteiger charge is 2.23. The Bertz CT molecular complexity index is 1250. The summed E-state index contributed by atoms with van der Waals surface area (Å²) < 4.78 is 8.19. The van der Waals surface area contributed by atoms with Gasteiger partial charge in [0, 0.05) is 13.1 Å². The Balaban J connectivity index is 0.00000190. The molecule has 2 aliphatic rings. The minimum Gasteiger partial charge on any atom is -0.493 e. The van der Waals surface area contributed by atoms with Crippen molar-refractivity contribution in [2.45, 2.75) is 45.1 Å². The van der Waals surface area contributed by atoms with Crippen molar-refractivity contribution in [3.8, 4) is 5.75 Å². The van der Waals surface area contributed by atoms with Crippen molar-refractivity contribution in [2.75, 3.05) is 32.8 Å². The van der Waals surface area contributed by atoms with Crippen LogP contribution in [0.25, 0.3) is 11.7 Å². The number of benzene rings is 1. The van der Waals surface area contributed by atoms with Crippen LogP contribution in [0, 0.1) is 26.7 Å². The molecule has 4 heterocycles. The molecule has 1 saturated heterocycles. The van der Waals surface area contributed by atoms with E-state index in [4.69, 9.17) is 4.74 Å². The van der Waals surface area contributed by atoms with Gasteiger partial charge in [-0.05, 0) is 88.4 Å². The average Bonchev–Trinajstić information content (AvgIpc) is 3.26. The van der Waals surface area contributed by atoms with Crippen molar-refractivity contribution in [3.05, 3.63) is 63.8 Å². The minimum atomic E-state index is 0. The lowest BCUT2D eigenvalue weighted by molar-refractivity contribution is -0.117. The number of ether oxygens (including phenoxy) is 1. The zero-order chi connectivity index (χ0) is 24.4. The largest absolute Gasteiger partial charge is 0.493 e. The van der Waals surface area contributed by atoms with Crippen molar-refractivity contribution in [1.82, 2.24) is 19.6 Å². The SMILES string of the molecule is Cc1cc(C)c(OCCCN2CCC(CNC(=O)C3=Cc4cnc5cccc(n45)S3)CC2)c(C)c1.Cl.Cl. The van der Waals surface area contributed by atoms with E-state index in [0.717, 1.165) is 79.1 Å². The van der Waals surface area contributed by atoms with Crippen molar-refractivity contribution < 1.29 is 9.53 Å². The molecular formula is C28H36Cl2N4O2S. The number of carbonyl (C=O) groups is 1. The number of amides is 1. The molecular weight excluding hydrogens is 527 g/mol. The van der Waals surface area contributed by atoms with Crippen LogP contribution in [0.2, 0.25) is 0 Å². The van der Waals surface area contributed by atoms with Gasteiger partial charge in [0.15, 0.2) is 0 Å². The molecule has 3 aromatic rings. The van der Waals surface area contributed by atoms with Gasteiger partial charge in [0.2, 0.25) is 0 Å². The molecule has 0 bridgehead atoms. The fourth-order valence-electron chi connectivity index (χ4n) is 5.19. The number of rotatable bonds is 8. The van der Waals surface area contributed by atoms with E-state index >= 15 is 0 Å². The summed E-state index contributed by atoms with van der Waals surface area (Å²) >= 11 is 1.51. The molecule has 2 aromatic heterocycles. The second-order valence-corrected chi connectivity index (χ2v) is 10.8. The number of hydrogen-bond donors (Lipinski definition) is 1. The molecule has 0 saturated carbocycles. The van der Waals surface area contributed by atoms with Crippen LogP contribution < -0.4 is 10.1 Å². The van der Waals surface area contributed by atoms with Crippen LogP contribution >= 0.6 is 36.6 Å². The zero-order valence-corrected chi connectivity index (χ0v) is 24.1. The number of imidazole rings is 1. The van der Waals surface area contributed by atoms with E-state index in [2.05, 4.69) is 52.5 Å².